The third-order valence-corrected chi connectivity index (χ3v) is 2.35. The van der Waals surface area contributed by atoms with Crippen LogP contribution in [0.3, 0.4) is 0 Å². The summed E-state index contributed by atoms with van der Waals surface area (Å²) >= 11 is 0. The Kier molecular flexibility index (Phi) is 2.17. The van der Waals surface area contributed by atoms with Gasteiger partial charge in [0.05, 0.1) is 11.3 Å². The van der Waals surface area contributed by atoms with Crippen molar-refractivity contribution in [1.82, 2.24) is 0 Å². The highest BCUT2D eigenvalue weighted by atomic mass is 16.6. The Balaban J connectivity index is 2.42. The summed E-state index contributed by atoms with van der Waals surface area (Å²) in [6, 6.07) is 0. The van der Waals surface area contributed by atoms with Crippen LogP contribution in [0.1, 0.15) is 19.3 Å². The molecule has 14 heavy (non-hydrogen) atoms. The number of aliphatic hydroxyl groups excluding tert-OH is 1. The first-order chi connectivity index (χ1) is 6.72. The highest BCUT2D eigenvalue weighted by molar-refractivity contribution is 5.95. The van der Waals surface area contributed by atoms with Gasteiger partial charge in [-0.2, -0.15) is 0 Å². The zero-order valence-electron chi connectivity index (χ0n) is 7.40. The van der Waals surface area contributed by atoms with Crippen LogP contribution in [0.5, 0.6) is 0 Å². The molecule has 0 aromatic rings. The zero-order valence-corrected chi connectivity index (χ0v) is 7.40. The van der Waals surface area contributed by atoms with Gasteiger partial charge in [0, 0.05) is 6.42 Å². The van der Waals surface area contributed by atoms with Gasteiger partial charge in [0.1, 0.15) is 0 Å². The van der Waals surface area contributed by atoms with Crippen molar-refractivity contribution in [1.29, 1.82) is 0 Å². The van der Waals surface area contributed by atoms with Crippen LogP contribution in [0.25, 0.3) is 0 Å². The molecule has 0 amide bonds. The number of aliphatic hydroxyl groups is 1. The number of rotatable bonds is 1. The molecule has 0 radical (unpaired) electrons. The van der Waals surface area contributed by atoms with E-state index < -0.39 is 12.3 Å². The predicted octanol–water partition coefficient (Wildman–Crippen LogP) is 0.992. The second-order valence-corrected chi connectivity index (χ2v) is 3.24. The van der Waals surface area contributed by atoms with E-state index in [0.717, 1.165) is 0 Å². The first-order valence-electron chi connectivity index (χ1n) is 4.37. The molecule has 1 saturated heterocycles. The maximum atomic E-state index is 11.3. The largest absolute Gasteiger partial charge is 0.432 e. The number of carbonyl (C=O) groups excluding carboxylic acids is 1. The number of fused-ring (bicyclic) bond motifs is 1. The SMILES string of the molecule is O=NC1=C2CC(O)OC(=O)C2=CCC1. The van der Waals surface area contributed by atoms with Gasteiger partial charge < -0.3 is 9.84 Å². The third-order valence-electron chi connectivity index (χ3n) is 2.35. The molecule has 5 nitrogen and oxygen atoms in total. The summed E-state index contributed by atoms with van der Waals surface area (Å²) < 4.78 is 4.62. The van der Waals surface area contributed by atoms with E-state index in [9.17, 15) is 14.8 Å². The summed E-state index contributed by atoms with van der Waals surface area (Å²) in [6.45, 7) is 0. The predicted molar refractivity (Wildman–Crippen MR) is 46.9 cm³/mol. The number of hydrogen-bond donors (Lipinski definition) is 1. The average Bonchev–Trinajstić information content (AvgIpc) is 2.17. The molecule has 2 aliphatic rings. The summed E-state index contributed by atoms with van der Waals surface area (Å²) in [5.74, 6) is -0.570. The average molecular weight is 195 g/mol. The Bertz CT molecular complexity index is 356. The summed E-state index contributed by atoms with van der Waals surface area (Å²) in [7, 11) is 0. The number of ether oxygens (including phenoxy) is 1. The maximum Gasteiger partial charge on any atom is 0.340 e. The summed E-state index contributed by atoms with van der Waals surface area (Å²) in [6.07, 6.45) is 1.88. The second kappa shape index (κ2) is 3.34. The minimum absolute atomic E-state index is 0.165. The van der Waals surface area contributed by atoms with Gasteiger partial charge in [-0.25, -0.2) is 4.79 Å². The number of nitrogens with zero attached hydrogens (tertiary/aromatic N) is 1. The highest BCUT2D eigenvalue weighted by Gasteiger charge is 2.31. The van der Waals surface area contributed by atoms with Crippen molar-refractivity contribution in [2.45, 2.75) is 25.6 Å². The van der Waals surface area contributed by atoms with Gasteiger partial charge >= 0.3 is 5.97 Å². The van der Waals surface area contributed by atoms with E-state index in [-0.39, 0.29) is 6.42 Å². The molecule has 1 fully saturated rings. The van der Waals surface area contributed by atoms with Gasteiger partial charge in [0.15, 0.2) is 0 Å². The van der Waals surface area contributed by atoms with Gasteiger partial charge in [0.2, 0.25) is 6.29 Å². The number of esters is 1. The van der Waals surface area contributed by atoms with E-state index in [1.165, 1.54) is 0 Å². The van der Waals surface area contributed by atoms with Crippen LogP contribution in [0, 0.1) is 4.91 Å². The molecule has 1 aliphatic heterocycles. The lowest BCUT2D eigenvalue weighted by Gasteiger charge is -2.25. The molecule has 0 aromatic carbocycles. The summed E-state index contributed by atoms with van der Waals surface area (Å²) in [4.78, 5) is 21.7. The Hall–Kier alpha value is -1.49. The first-order valence-corrected chi connectivity index (χ1v) is 4.37. The number of nitroso groups, excluding NO2 is 1. The Morgan fingerprint density at radius 1 is 1.57 bits per heavy atom. The van der Waals surface area contributed by atoms with E-state index >= 15 is 0 Å². The van der Waals surface area contributed by atoms with E-state index in [1.54, 1.807) is 6.08 Å². The third kappa shape index (κ3) is 1.35. The van der Waals surface area contributed by atoms with E-state index in [1.807, 2.05) is 0 Å². The lowest BCUT2D eigenvalue weighted by atomic mass is 9.91. The Labute approximate surface area is 80.0 Å². The van der Waals surface area contributed by atoms with Crippen LogP contribution in [0.4, 0.5) is 0 Å². The Morgan fingerprint density at radius 3 is 3.07 bits per heavy atom. The van der Waals surface area contributed by atoms with Gasteiger partial charge in [-0.1, -0.05) is 6.08 Å². The maximum absolute atomic E-state index is 11.3. The van der Waals surface area contributed by atoms with Gasteiger partial charge in [0.25, 0.3) is 0 Å². The smallest absolute Gasteiger partial charge is 0.340 e. The molecule has 0 aromatic heterocycles. The first kappa shape index (κ1) is 9.08. The van der Waals surface area contributed by atoms with Crippen molar-refractivity contribution in [3.05, 3.63) is 27.8 Å². The molecule has 2 rings (SSSR count). The van der Waals surface area contributed by atoms with Crippen molar-refractivity contribution >= 4 is 5.97 Å². The van der Waals surface area contributed by atoms with Crippen LogP contribution in [-0.2, 0) is 9.53 Å². The van der Waals surface area contributed by atoms with Crippen LogP contribution in [-0.4, -0.2) is 17.4 Å². The monoisotopic (exact) mass is 195 g/mol. The quantitative estimate of drug-likeness (QED) is 0.500. The molecule has 1 unspecified atom stereocenters. The van der Waals surface area contributed by atoms with Crippen LogP contribution in [0.15, 0.2) is 28.1 Å². The zero-order chi connectivity index (χ0) is 10.1. The molecule has 0 bridgehead atoms. The lowest BCUT2D eigenvalue weighted by molar-refractivity contribution is -0.165. The highest BCUT2D eigenvalue weighted by Crippen LogP contribution is 2.33. The van der Waals surface area contributed by atoms with Gasteiger partial charge in [-0.05, 0) is 23.6 Å². The summed E-state index contributed by atoms with van der Waals surface area (Å²) in [5, 5.41) is 12.1. The topological polar surface area (TPSA) is 76.0 Å². The van der Waals surface area contributed by atoms with Crippen molar-refractivity contribution in [3.63, 3.8) is 0 Å². The van der Waals surface area contributed by atoms with Crippen LogP contribution < -0.4 is 0 Å². The molecular formula is C9H9NO4. The minimum atomic E-state index is -1.15. The van der Waals surface area contributed by atoms with E-state index in [2.05, 4.69) is 9.91 Å². The fraction of sp³-hybridized carbons (Fsp3) is 0.444. The molecule has 74 valence electrons. The van der Waals surface area contributed by atoms with Gasteiger partial charge in [-0.15, -0.1) is 4.91 Å². The molecular weight excluding hydrogens is 186 g/mol. The normalized spacial score (nSPS) is 26.5. The van der Waals surface area contributed by atoms with Crippen LogP contribution >= 0.6 is 0 Å². The molecule has 0 saturated carbocycles. The van der Waals surface area contributed by atoms with Crippen molar-refractivity contribution in [3.8, 4) is 0 Å². The van der Waals surface area contributed by atoms with Crippen molar-refractivity contribution < 1.29 is 14.6 Å². The van der Waals surface area contributed by atoms with Crippen molar-refractivity contribution in [2.24, 2.45) is 5.18 Å². The van der Waals surface area contributed by atoms with Crippen molar-refractivity contribution in [2.75, 3.05) is 0 Å². The number of cyclic esters (lactones) is 1. The minimum Gasteiger partial charge on any atom is -0.432 e. The van der Waals surface area contributed by atoms with E-state index in [0.29, 0.717) is 29.7 Å². The second-order valence-electron chi connectivity index (χ2n) is 3.24. The summed E-state index contributed by atoms with van der Waals surface area (Å²) in [5.41, 5.74) is 1.28. The lowest BCUT2D eigenvalue weighted by Crippen LogP contribution is -2.28. The molecule has 0 spiro atoms. The number of hydrogen-bond acceptors (Lipinski definition) is 5. The number of carbonyl (C=O) groups is 1. The standard InChI is InChI=1S/C9H9NO4/c11-8-4-6-5(9(12)14-8)2-1-3-7(6)10-13/h2,8,11H,1,3-4H2. The van der Waals surface area contributed by atoms with Crippen LogP contribution in [0.2, 0.25) is 0 Å². The molecule has 1 N–H and O–H groups in total. The fourth-order valence-electron chi connectivity index (χ4n) is 1.72. The fourth-order valence-corrected chi connectivity index (χ4v) is 1.72. The molecule has 1 atom stereocenters. The molecule has 1 aliphatic carbocycles. The molecule has 5 heteroatoms. The Morgan fingerprint density at radius 2 is 2.36 bits per heavy atom. The van der Waals surface area contributed by atoms with E-state index in [4.69, 9.17) is 0 Å². The number of allylic oxidation sites excluding steroid dienone is 2. The van der Waals surface area contributed by atoms with Gasteiger partial charge in [-0.3, -0.25) is 0 Å². The molecule has 1 heterocycles.